The Hall–Kier alpha value is -2.04. The predicted octanol–water partition coefficient (Wildman–Crippen LogP) is 2.96. The summed E-state index contributed by atoms with van der Waals surface area (Å²) in [6, 6.07) is 17.7. The molecule has 0 saturated carbocycles. The summed E-state index contributed by atoms with van der Waals surface area (Å²) < 4.78 is 10.8. The van der Waals surface area contributed by atoms with Crippen molar-refractivity contribution in [2.24, 2.45) is 0 Å². The minimum absolute atomic E-state index is 0.262. The highest BCUT2D eigenvalue weighted by Gasteiger charge is 2.12. The van der Waals surface area contributed by atoms with Gasteiger partial charge in [0.1, 0.15) is 24.2 Å². The lowest BCUT2D eigenvalue weighted by Crippen LogP contribution is -2.35. The molecule has 0 spiro atoms. The molecule has 0 amide bonds. The van der Waals surface area contributed by atoms with E-state index in [4.69, 9.17) is 9.47 Å². The average molecular weight is 315 g/mol. The van der Waals surface area contributed by atoms with Gasteiger partial charge in [0, 0.05) is 19.2 Å². The molecule has 2 aromatic rings. The fraction of sp³-hybridized carbons (Fsp3) is 0.368. The Morgan fingerprint density at radius 2 is 1.78 bits per heavy atom. The maximum atomic E-state index is 10.2. The molecule has 4 nitrogen and oxygen atoms in total. The van der Waals surface area contributed by atoms with Gasteiger partial charge in [-0.1, -0.05) is 43.3 Å². The highest BCUT2D eigenvalue weighted by atomic mass is 16.5. The monoisotopic (exact) mass is 315 g/mol. The minimum Gasteiger partial charge on any atom is -0.497 e. The lowest BCUT2D eigenvalue weighted by atomic mass is 10.2. The third kappa shape index (κ3) is 5.93. The molecule has 4 heteroatoms. The molecule has 2 aromatic carbocycles. The van der Waals surface area contributed by atoms with Gasteiger partial charge in [0.15, 0.2) is 0 Å². The standard InChI is InChI=1S/C19H25NO3/c1-3-20(13-16-8-5-4-6-9-16)14-17(21)15-23-19-11-7-10-18(12-19)22-2/h4-12,17,21H,3,13-15H2,1-2H3/t17-/m0/s1. The number of hydrogen-bond acceptors (Lipinski definition) is 4. The maximum absolute atomic E-state index is 10.2. The van der Waals surface area contributed by atoms with Crippen LogP contribution in [0.1, 0.15) is 12.5 Å². The SMILES string of the molecule is CCN(Cc1ccccc1)C[C@H](O)COc1cccc(OC)c1. The Morgan fingerprint density at radius 1 is 1.04 bits per heavy atom. The van der Waals surface area contributed by atoms with Gasteiger partial charge >= 0.3 is 0 Å². The van der Waals surface area contributed by atoms with Crippen molar-refractivity contribution in [3.05, 3.63) is 60.2 Å². The fourth-order valence-electron chi connectivity index (χ4n) is 2.38. The van der Waals surface area contributed by atoms with Gasteiger partial charge < -0.3 is 14.6 Å². The summed E-state index contributed by atoms with van der Waals surface area (Å²) in [6.07, 6.45) is -0.537. The zero-order valence-electron chi connectivity index (χ0n) is 13.8. The first-order valence-electron chi connectivity index (χ1n) is 7.92. The molecule has 1 N–H and O–H groups in total. The van der Waals surface area contributed by atoms with Crippen LogP contribution in [0.2, 0.25) is 0 Å². The molecule has 0 fully saturated rings. The van der Waals surface area contributed by atoms with Crippen molar-refractivity contribution in [1.82, 2.24) is 4.90 Å². The molecule has 0 aromatic heterocycles. The number of likely N-dealkylation sites (N-methyl/N-ethyl adjacent to an activating group) is 1. The van der Waals surface area contributed by atoms with Crippen molar-refractivity contribution in [3.63, 3.8) is 0 Å². The number of ether oxygens (including phenoxy) is 2. The van der Waals surface area contributed by atoms with Gasteiger partial charge in [0.05, 0.1) is 7.11 Å². The van der Waals surface area contributed by atoms with Crippen molar-refractivity contribution in [3.8, 4) is 11.5 Å². The molecule has 0 bridgehead atoms. The smallest absolute Gasteiger partial charge is 0.123 e. The van der Waals surface area contributed by atoms with Crippen molar-refractivity contribution in [2.75, 3.05) is 26.8 Å². The summed E-state index contributed by atoms with van der Waals surface area (Å²) in [4.78, 5) is 2.20. The second-order valence-electron chi connectivity index (χ2n) is 5.46. The van der Waals surface area contributed by atoms with E-state index in [1.54, 1.807) is 7.11 Å². The van der Waals surface area contributed by atoms with Gasteiger partial charge in [0.25, 0.3) is 0 Å². The molecule has 0 radical (unpaired) electrons. The third-order valence-electron chi connectivity index (χ3n) is 3.65. The summed E-state index contributed by atoms with van der Waals surface area (Å²) in [7, 11) is 1.62. The zero-order valence-corrected chi connectivity index (χ0v) is 13.8. The van der Waals surface area contributed by atoms with E-state index in [0.29, 0.717) is 12.3 Å². The highest BCUT2D eigenvalue weighted by Crippen LogP contribution is 2.19. The number of hydrogen-bond donors (Lipinski definition) is 1. The second kappa shape index (κ2) is 9.18. The number of nitrogens with zero attached hydrogens (tertiary/aromatic N) is 1. The van der Waals surface area contributed by atoms with Crippen LogP contribution in [0.4, 0.5) is 0 Å². The number of aliphatic hydroxyl groups excluding tert-OH is 1. The first kappa shape index (κ1) is 17.3. The van der Waals surface area contributed by atoms with Crippen LogP contribution in [0.25, 0.3) is 0 Å². The third-order valence-corrected chi connectivity index (χ3v) is 3.65. The van der Waals surface area contributed by atoms with Crippen LogP contribution in [0.5, 0.6) is 11.5 Å². The number of aliphatic hydroxyl groups is 1. The lowest BCUT2D eigenvalue weighted by molar-refractivity contribution is 0.0674. The summed E-state index contributed by atoms with van der Waals surface area (Å²) >= 11 is 0. The first-order chi connectivity index (χ1) is 11.2. The average Bonchev–Trinajstić information content (AvgIpc) is 2.60. The Kier molecular flexibility index (Phi) is 6.91. The van der Waals surface area contributed by atoms with Crippen molar-refractivity contribution >= 4 is 0 Å². The van der Waals surface area contributed by atoms with Gasteiger partial charge in [-0.2, -0.15) is 0 Å². The quantitative estimate of drug-likeness (QED) is 0.772. The summed E-state index contributed by atoms with van der Waals surface area (Å²) in [5, 5.41) is 10.2. The normalized spacial score (nSPS) is 12.2. The van der Waals surface area contributed by atoms with Crippen LogP contribution in [0.3, 0.4) is 0 Å². The van der Waals surface area contributed by atoms with Crippen LogP contribution >= 0.6 is 0 Å². The number of benzene rings is 2. The molecule has 0 heterocycles. The van der Waals surface area contributed by atoms with Gasteiger partial charge in [-0.15, -0.1) is 0 Å². The van der Waals surface area contributed by atoms with Crippen LogP contribution < -0.4 is 9.47 Å². The van der Waals surface area contributed by atoms with E-state index in [0.717, 1.165) is 18.8 Å². The van der Waals surface area contributed by atoms with E-state index < -0.39 is 6.10 Å². The van der Waals surface area contributed by atoms with E-state index in [1.807, 2.05) is 42.5 Å². The lowest BCUT2D eigenvalue weighted by Gasteiger charge is -2.23. The van der Waals surface area contributed by atoms with Crippen molar-refractivity contribution < 1.29 is 14.6 Å². The molecule has 0 unspecified atom stereocenters. The second-order valence-corrected chi connectivity index (χ2v) is 5.46. The number of rotatable bonds is 9. The van der Waals surface area contributed by atoms with Crippen molar-refractivity contribution in [1.29, 1.82) is 0 Å². The Bertz CT molecular complexity index is 574. The molecule has 2 rings (SSSR count). The first-order valence-corrected chi connectivity index (χ1v) is 7.92. The van der Waals surface area contributed by atoms with Crippen molar-refractivity contribution in [2.45, 2.75) is 19.6 Å². The summed E-state index contributed by atoms with van der Waals surface area (Å²) in [5.41, 5.74) is 1.25. The molecule has 0 saturated heterocycles. The van der Waals surface area contributed by atoms with E-state index in [2.05, 4.69) is 24.0 Å². The van der Waals surface area contributed by atoms with Crippen LogP contribution in [0, 0.1) is 0 Å². The summed E-state index contributed by atoms with van der Waals surface area (Å²) in [6.45, 7) is 4.64. The van der Waals surface area contributed by atoms with E-state index in [-0.39, 0.29) is 6.61 Å². The van der Waals surface area contributed by atoms with Gasteiger partial charge in [-0.05, 0) is 24.2 Å². The largest absolute Gasteiger partial charge is 0.497 e. The Morgan fingerprint density at radius 3 is 2.48 bits per heavy atom. The van der Waals surface area contributed by atoms with Gasteiger partial charge in [-0.25, -0.2) is 0 Å². The topological polar surface area (TPSA) is 41.9 Å². The van der Waals surface area contributed by atoms with E-state index >= 15 is 0 Å². The number of methoxy groups -OCH3 is 1. The van der Waals surface area contributed by atoms with Crippen LogP contribution in [-0.2, 0) is 6.54 Å². The van der Waals surface area contributed by atoms with E-state index in [9.17, 15) is 5.11 Å². The minimum atomic E-state index is -0.537. The van der Waals surface area contributed by atoms with E-state index in [1.165, 1.54) is 5.56 Å². The fourth-order valence-corrected chi connectivity index (χ4v) is 2.38. The predicted molar refractivity (Wildman–Crippen MR) is 91.9 cm³/mol. The molecule has 0 aliphatic heterocycles. The summed E-state index contributed by atoms with van der Waals surface area (Å²) in [5.74, 6) is 1.45. The molecule has 23 heavy (non-hydrogen) atoms. The maximum Gasteiger partial charge on any atom is 0.123 e. The van der Waals surface area contributed by atoms with Gasteiger partial charge in [0.2, 0.25) is 0 Å². The van der Waals surface area contributed by atoms with Gasteiger partial charge in [-0.3, -0.25) is 4.90 Å². The zero-order chi connectivity index (χ0) is 16.5. The Labute approximate surface area is 138 Å². The molecule has 124 valence electrons. The van der Waals surface area contributed by atoms with Crippen LogP contribution in [-0.4, -0.2) is 42.9 Å². The van der Waals surface area contributed by atoms with Crippen LogP contribution in [0.15, 0.2) is 54.6 Å². The Balaban J connectivity index is 1.81. The molecule has 0 aliphatic rings. The molecular weight excluding hydrogens is 290 g/mol. The molecular formula is C19H25NO3. The highest BCUT2D eigenvalue weighted by molar-refractivity contribution is 5.32. The molecule has 1 atom stereocenters. The molecule has 0 aliphatic carbocycles.